The lowest BCUT2D eigenvalue weighted by Gasteiger charge is -2.44. The first-order chi connectivity index (χ1) is 13.1. The SMILES string of the molecule is O=C(c1ccc(F)cn1)N1CCCC(N(C(=O)C2CC2)C2CCOCC2)C1. The normalized spacial score (nSPS) is 23.9. The second-order valence-corrected chi connectivity index (χ2v) is 7.77. The number of hydrogen-bond acceptors (Lipinski definition) is 4. The van der Waals surface area contributed by atoms with Gasteiger partial charge in [0.2, 0.25) is 5.91 Å². The zero-order valence-corrected chi connectivity index (χ0v) is 15.5. The summed E-state index contributed by atoms with van der Waals surface area (Å²) < 4.78 is 18.6. The van der Waals surface area contributed by atoms with Crippen LogP contribution in [0.4, 0.5) is 4.39 Å². The van der Waals surface area contributed by atoms with Gasteiger partial charge >= 0.3 is 0 Å². The maximum atomic E-state index is 13.1. The number of carbonyl (C=O) groups is 2. The molecule has 0 N–H and O–H groups in total. The molecule has 146 valence electrons. The Bertz CT molecular complexity index is 686. The van der Waals surface area contributed by atoms with E-state index in [1.165, 1.54) is 12.1 Å². The van der Waals surface area contributed by atoms with Crippen molar-refractivity contribution in [2.45, 2.75) is 50.6 Å². The average Bonchev–Trinajstić information content (AvgIpc) is 3.55. The molecule has 3 fully saturated rings. The van der Waals surface area contributed by atoms with Crippen LogP contribution in [0, 0.1) is 11.7 Å². The molecule has 0 aromatic carbocycles. The second kappa shape index (κ2) is 7.92. The standard InChI is InChI=1S/C20H26FN3O3/c21-15-5-6-18(22-12-15)20(26)23-9-1-2-17(13-23)24(19(25)14-3-4-14)16-7-10-27-11-8-16/h5-6,12,14,16-17H,1-4,7-11,13H2. The number of nitrogens with zero attached hydrogens (tertiary/aromatic N) is 3. The third-order valence-corrected chi connectivity index (χ3v) is 5.79. The van der Waals surface area contributed by atoms with Gasteiger partial charge in [0.25, 0.3) is 5.91 Å². The zero-order chi connectivity index (χ0) is 18.8. The van der Waals surface area contributed by atoms with Gasteiger partial charge in [-0.15, -0.1) is 0 Å². The molecule has 0 radical (unpaired) electrons. The molecule has 0 spiro atoms. The van der Waals surface area contributed by atoms with Gasteiger partial charge in [-0.25, -0.2) is 9.37 Å². The number of rotatable bonds is 4. The summed E-state index contributed by atoms with van der Waals surface area (Å²) in [5.41, 5.74) is 0.253. The lowest BCUT2D eigenvalue weighted by atomic mass is 9.97. The molecular formula is C20H26FN3O3. The summed E-state index contributed by atoms with van der Waals surface area (Å²) in [5.74, 6) is -0.229. The van der Waals surface area contributed by atoms with E-state index in [2.05, 4.69) is 9.88 Å². The Morgan fingerprint density at radius 3 is 2.56 bits per heavy atom. The van der Waals surface area contributed by atoms with Crippen LogP contribution in [0.1, 0.15) is 49.0 Å². The first-order valence-electron chi connectivity index (χ1n) is 9.94. The number of halogens is 1. The Balaban J connectivity index is 1.49. The molecular weight excluding hydrogens is 349 g/mol. The fraction of sp³-hybridized carbons (Fsp3) is 0.650. The number of ether oxygens (including phenoxy) is 1. The van der Waals surface area contributed by atoms with E-state index in [-0.39, 0.29) is 35.5 Å². The van der Waals surface area contributed by atoms with E-state index in [1.54, 1.807) is 4.90 Å². The van der Waals surface area contributed by atoms with Crippen LogP contribution in [0.2, 0.25) is 0 Å². The number of aromatic nitrogens is 1. The van der Waals surface area contributed by atoms with Crippen LogP contribution in [-0.2, 0) is 9.53 Å². The van der Waals surface area contributed by atoms with Crippen LogP contribution in [0.5, 0.6) is 0 Å². The number of piperidine rings is 1. The van der Waals surface area contributed by atoms with E-state index >= 15 is 0 Å². The van der Waals surface area contributed by atoms with Gasteiger partial charge in [0.1, 0.15) is 11.5 Å². The number of hydrogen-bond donors (Lipinski definition) is 0. The highest BCUT2D eigenvalue weighted by atomic mass is 19.1. The van der Waals surface area contributed by atoms with Gasteiger partial charge in [-0.3, -0.25) is 9.59 Å². The third kappa shape index (κ3) is 4.13. The highest BCUT2D eigenvalue weighted by Gasteiger charge is 2.41. The Morgan fingerprint density at radius 1 is 1.11 bits per heavy atom. The van der Waals surface area contributed by atoms with Crippen molar-refractivity contribution in [3.8, 4) is 0 Å². The number of amides is 2. The van der Waals surface area contributed by atoms with Crippen LogP contribution in [-0.4, -0.2) is 65.0 Å². The monoisotopic (exact) mass is 375 g/mol. The third-order valence-electron chi connectivity index (χ3n) is 5.79. The van der Waals surface area contributed by atoms with E-state index in [0.717, 1.165) is 44.7 Å². The molecule has 27 heavy (non-hydrogen) atoms. The predicted octanol–water partition coefficient (Wildman–Crippen LogP) is 2.24. The fourth-order valence-electron chi connectivity index (χ4n) is 4.19. The number of likely N-dealkylation sites (tertiary alicyclic amines) is 1. The minimum Gasteiger partial charge on any atom is -0.381 e. The van der Waals surface area contributed by atoms with Gasteiger partial charge in [-0.1, -0.05) is 0 Å². The molecule has 2 saturated heterocycles. The topological polar surface area (TPSA) is 62.7 Å². The lowest BCUT2D eigenvalue weighted by molar-refractivity contribution is -0.141. The van der Waals surface area contributed by atoms with Gasteiger partial charge < -0.3 is 14.5 Å². The molecule has 6 nitrogen and oxygen atoms in total. The molecule has 3 aliphatic rings. The average molecular weight is 375 g/mol. The molecule has 1 aromatic rings. The quantitative estimate of drug-likeness (QED) is 0.810. The minimum absolute atomic E-state index is 0.0411. The van der Waals surface area contributed by atoms with Crippen LogP contribution in [0.15, 0.2) is 18.3 Å². The Kier molecular flexibility index (Phi) is 5.38. The molecule has 4 rings (SSSR count). The van der Waals surface area contributed by atoms with E-state index < -0.39 is 5.82 Å². The molecule has 1 saturated carbocycles. The van der Waals surface area contributed by atoms with Gasteiger partial charge in [0.15, 0.2) is 0 Å². The fourth-order valence-corrected chi connectivity index (χ4v) is 4.19. The molecule has 0 bridgehead atoms. The van der Waals surface area contributed by atoms with Crippen molar-refractivity contribution in [2.75, 3.05) is 26.3 Å². The largest absolute Gasteiger partial charge is 0.381 e. The van der Waals surface area contributed by atoms with Crippen LogP contribution >= 0.6 is 0 Å². The van der Waals surface area contributed by atoms with Crippen LogP contribution in [0.3, 0.4) is 0 Å². The van der Waals surface area contributed by atoms with Crippen molar-refractivity contribution >= 4 is 11.8 Å². The molecule has 1 aliphatic carbocycles. The van der Waals surface area contributed by atoms with Crippen LogP contribution < -0.4 is 0 Å². The van der Waals surface area contributed by atoms with E-state index in [9.17, 15) is 14.0 Å². The molecule has 7 heteroatoms. The minimum atomic E-state index is -0.455. The van der Waals surface area contributed by atoms with Crippen molar-refractivity contribution in [3.05, 3.63) is 29.8 Å². The van der Waals surface area contributed by atoms with Crippen LogP contribution in [0.25, 0.3) is 0 Å². The van der Waals surface area contributed by atoms with Crippen molar-refractivity contribution in [1.29, 1.82) is 0 Å². The van der Waals surface area contributed by atoms with Crippen molar-refractivity contribution < 1.29 is 18.7 Å². The van der Waals surface area contributed by atoms with E-state index in [1.807, 2.05) is 0 Å². The number of pyridine rings is 1. The predicted molar refractivity (Wildman–Crippen MR) is 96.5 cm³/mol. The van der Waals surface area contributed by atoms with Gasteiger partial charge in [-0.05, 0) is 50.7 Å². The molecule has 1 atom stereocenters. The van der Waals surface area contributed by atoms with Gasteiger partial charge in [0.05, 0.1) is 6.20 Å². The summed E-state index contributed by atoms with van der Waals surface area (Å²) >= 11 is 0. The highest BCUT2D eigenvalue weighted by Crippen LogP contribution is 2.35. The summed E-state index contributed by atoms with van der Waals surface area (Å²) in [6.45, 7) is 2.54. The van der Waals surface area contributed by atoms with E-state index in [4.69, 9.17) is 4.74 Å². The summed E-state index contributed by atoms with van der Waals surface area (Å²) in [5, 5.41) is 0. The Hall–Kier alpha value is -2.02. The second-order valence-electron chi connectivity index (χ2n) is 7.77. The first kappa shape index (κ1) is 18.3. The lowest BCUT2D eigenvalue weighted by Crippen LogP contribution is -2.56. The Labute approximate surface area is 158 Å². The van der Waals surface area contributed by atoms with Gasteiger partial charge in [0, 0.05) is 44.3 Å². The molecule has 3 heterocycles. The summed E-state index contributed by atoms with van der Waals surface area (Å²) in [6, 6.07) is 2.93. The molecule has 2 amide bonds. The van der Waals surface area contributed by atoms with Gasteiger partial charge in [-0.2, -0.15) is 0 Å². The van der Waals surface area contributed by atoms with Crippen molar-refractivity contribution in [2.24, 2.45) is 5.92 Å². The maximum Gasteiger partial charge on any atom is 0.272 e. The summed E-state index contributed by atoms with van der Waals surface area (Å²) in [4.78, 5) is 33.6. The number of carbonyl (C=O) groups excluding carboxylic acids is 2. The first-order valence-corrected chi connectivity index (χ1v) is 9.94. The highest BCUT2D eigenvalue weighted by molar-refractivity contribution is 5.92. The Morgan fingerprint density at radius 2 is 1.89 bits per heavy atom. The molecule has 1 aromatic heterocycles. The molecule has 1 unspecified atom stereocenters. The summed E-state index contributed by atoms with van der Waals surface area (Å²) in [6.07, 6.45) is 6.52. The maximum absolute atomic E-state index is 13.1. The smallest absolute Gasteiger partial charge is 0.272 e. The van der Waals surface area contributed by atoms with Crippen molar-refractivity contribution in [1.82, 2.24) is 14.8 Å². The molecule has 2 aliphatic heterocycles. The summed E-state index contributed by atoms with van der Waals surface area (Å²) in [7, 11) is 0. The zero-order valence-electron chi connectivity index (χ0n) is 15.5. The van der Waals surface area contributed by atoms with Crippen molar-refractivity contribution in [3.63, 3.8) is 0 Å². The van der Waals surface area contributed by atoms with E-state index in [0.29, 0.717) is 26.3 Å².